The number of likely N-dealkylation sites (tertiary alicyclic amines) is 1. The maximum atomic E-state index is 5.29. The molecule has 2 aliphatic heterocycles. The van der Waals surface area contributed by atoms with Gasteiger partial charge in [0.05, 0.1) is 12.7 Å². The predicted octanol–water partition coefficient (Wildman–Crippen LogP) is -0.419. The molecule has 0 saturated carbocycles. The number of nitrogens with zero attached hydrogens (tertiary/aromatic N) is 3. The van der Waals surface area contributed by atoms with Gasteiger partial charge >= 0.3 is 0 Å². The average Bonchev–Trinajstić information content (AvgIpc) is 2.36. The van der Waals surface area contributed by atoms with Gasteiger partial charge in [0.25, 0.3) is 0 Å². The number of rotatable bonds is 7. The lowest BCUT2D eigenvalue weighted by Gasteiger charge is -2.40. The third kappa shape index (κ3) is 4.17. The summed E-state index contributed by atoms with van der Waals surface area (Å²) in [6, 6.07) is 0. The summed E-state index contributed by atoms with van der Waals surface area (Å²) in [5, 5.41) is 0. The van der Waals surface area contributed by atoms with E-state index in [0.717, 1.165) is 26.2 Å². The predicted molar refractivity (Wildman–Crippen MR) is 72.0 cm³/mol. The Morgan fingerprint density at radius 2 is 1.39 bits per heavy atom. The van der Waals surface area contributed by atoms with Crippen LogP contribution in [0, 0.1) is 0 Å². The minimum absolute atomic E-state index is 0.482. The maximum Gasteiger partial charge on any atom is 0.0824 e. The van der Waals surface area contributed by atoms with Crippen LogP contribution in [0.3, 0.4) is 0 Å². The molecule has 0 unspecified atom stereocenters. The molecule has 5 heteroatoms. The largest absolute Gasteiger partial charge is 0.383 e. The Balaban J connectivity index is 1.51. The molecule has 0 radical (unpaired) electrons. The third-order valence-corrected chi connectivity index (χ3v) is 4.07. The number of methoxy groups -OCH3 is 2. The van der Waals surface area contributed by atoms with Crippen molar-refractivity contribution in [1.29, 1.82) is 0 Å². The minimum Gasteiger partial charge on any atom is -0.383 e. The van der Waals surface area contributed by atoms with Crippen molar-refractivity contribution in [3.05, 3.63) is 0 Å². The lowest BCUT2D eigenvalue weighted by molar-refractivity contribution is -0.0338. The van der Waals surface area contributed by atoms with Crippen LogP contribution in [0.25, 0.3) is 0 Å². The second-order valence-corrected chi connectivity index (χ2v) is 5.29. The van der Waals surface area contributed by atoms with E-state index < -0.39 is 0 Å². The number of piperazine rings is 1. The van der Waals surface area contributed by atoms with E-state index in [1.54, 1.807) is 14.2 Å². The topological polar surface area (TPSA) is 28.2 Å². The van der Waals surface area contributed by atoms with E-state index in [1.807, 2.05) is 0 Å². The highest BCUT2D eigenvalue weighted by Gasteiger charge is 2.26. The first-order valence-corrected chi connectivity index (χ1v) is 7.00. The van der Waals surface area contributed by atoms with Gasteiger partial charge in [-0.3, -0.25) is 14.7 Å². The van der Waals surface area contributed by atoms with Gasteiger partial charge in [0.15, 0.2) is 0 Å². The zero-order chi connectivity index (χ0) is 12.8. The van der Waals surface area contributed by atoms with Crippen molar-refractivity contribution in [2.24, 2.45) is 0 Å². The first-order valence-electron chi connectivity index (χ1n) is 7.00. The van der Waals surface area contributed by atoms with Crippen LogP contribution in [0.2, 0.25) is 0 Å². The fraction of sp³-hybridized carbons (Fsp3) is 1.00. The van der Waals surface area contributed by atoms with Gasteiger partial charge < -0.3 is 9.47 Å². The molecule has 2 rings (SSSR count). The fourth-order valence-electron chi connectivity index (χ4n) is 2.59. The van der Waals surface area contributed by atoms with Gasteiger partial charge in [-0.1, -0.05) is 0 Å². The van der Waals surface area contributed by atoms with E-state index >= 15 is 0 Å². The van der Waals surface area contributed by atoms with Crippen LogP contribution < -0.4 is 0 Å². The van der Waals surface area contributed by atoms with Crippen LogP contribution in [0.1, 0.15) is 0 Å². The monoisotopic (exact) mass is 257 g/mol. The van der Waals surface area contributed by atoms with Gasteiger partial charge in [0.1, 0.15) is 0 Å². The second kappa shape index (κ2) is 7.40. The maximum absolute atomic E-state index is 5.29. The molecular weight excluding hydrogens is 230 g/mol. The van der Waals surface area contributed by atoms with E-state index in [0.29, 0.717) is 6.10 Å². The molecule has 0 aromatic carbocycles. The van der Waals surface area contributed by atoms with Crippen molar-refractivity contribution >= 4 is 0 Å². The Labute approximate surface area is 111 Å². The van der Waals surface area contributed by atoms with Gasteiger partial charge in [-0.2, -0.15) is 0 Å². The van der Waals surface area contributed by atoms with Crippen LogP contribution >= 0.6 is 0 Å². The van der Waals surface area contributed by atoms with Crippen LogP contribution in [0.4, 0.5) is 0 Å². The van der Waals surface area contributed by atoms with Gasteiger partial charge in [-0.05, 0) is 0 Å². The summed E-state index contributed by atoms with van der Waals surface area (Å²) in [6.07, 6.45) is 0.482. The SMILES string of the molecule is COCCN1CCN(CCN2CC(OC)C2)CC1. The van der Waals surface area contributed by atoms with Crippen LogP contribution in [0.5, 0.6) is 0 Å². The van der Waals surface area contributed by atoms with Crippen molar-refractivity contribution in [3.63, 3.8) is 0 Å². The Morgan fingerprint density at radius 1 is 0.833 bits per heavy atom. The molecule has 2 aliphatic rings. The lowest BCUT2D eigenvalue weighted by Crippen LogP contribution is -2.55. The highest BCUT2D eigenvalue weighted by Crippen LogP contribution is 2.10. The molecule has 0 aromatic heterocycles. The molecule has 2 saturated heterocycles. The van der Waals surface area contributed by atoms with E-state index in [4.69, 9.17) is 9.47 Å². The molecule has 0 amide bonds. The zero-order valence-electron chi connectivity index (χ0n) is 11.8. The lowest BCUT2D eigenvalue weighted by atomic mass is 10.1. The molecule has 2 heterocycles. The molecule has 0 spiro atoms. The molecule has 106 valence electrons. The summed E-state index contributed by atoms with van der Waals surface area (Å²) < 4.78 is 10.4. The molecule has 18 heavy (non-hydrogen) atoms. The van der Waals surface area contributed by atoms with Gasteiger partial charge in [-0.25, -0.2) is 0 Å². The smallest absolute Gasteiger partial charge is 0.0824 e. The van der Waals surface area contributed by atoms with E-state index in [9.17, 15) is 0 Å². The molecule has 2 fully saturated rings. The Kier molecular flexibility index (Phi) is 5.85. The minimum atomic E-state index is 0.482. The van der Waals surface area contributed by atoms with E-state index in [1.165, 1.54) is 39.3 Å². The van der Waals surface area contributed by atoms with E-state index in [2.05, 4.69) is 14.7 Å². The summed E-state index contributed by atoms with van der Waals surface area (Å²) in [4.78, 5) is 7.54. The molecule has 0 N–H and O–H groups in total. The average molecular weight is 257 g/mol. The number of hydrogen-bond acceptors (Lipinski definition) is 5. The van der Waals surface area contributed by atoms with Gasteiger partial charge in [0.2, 0.25) is 0 Å². The highest BCUT2D eigenvalue weighted by atomic mass is 16.5. The van der Waals surface area contributed by atoms with E-state index in [-0.39, 0.29) is 0 Å². The van der Waals surface area contributed by atoms with Crippen LogP contribution in [-0.4, -0.2) is 101 Å². The molecule has 0 aliphatic carbocycles. The van der Waals surface area contributed by atoms with Crippen LogP contribution in [-0.2, 0) is 9.47 Å². The summed E-state index contributed by atoms with van der Waals surface area (Å²) in [5.41, 5.74) is 0. The molecule has 0 aromatic rings. The molecule has 0 bridgehead atoms. The molecule has 5 nitrogen and oxygen atoms in total. The molecule has 0 atom stereocenters. The highest BCUT2D eigenvalue weighted by molar-refractivity contribution is 4.81. The summed E-state index contributed by atoms with van der Waals surface area (Å²) in [6.45, 7) is 11.3. The Morgan fingerprint density at radius 3 is 1.94 bits per heavy atom. The Hall–Kier alpha value is -0.200. The van der Waals surface area contributed by atoms with Crippen molar-refractivity contribution in [2.45, 2.75) is 6.10 Å². The quantitative estimate of drug-likeness (QED) is 0.618. The summed E-state index contributed by atoms with van der Waals surface area (Å²) in [5.74, 6) is 0. The second-order valence-electron chi connectivity index (χ2n) is 5.29. The van der Waals surface area contributed by atoms with Crippen molar-refractivity contribution in [2.75, 3.05) is 79.7 Å². The molecular formula is C13H27N3O2. The summed E-state index contributed by atoms with van der Waals surface area (Å²) in [7, 11) is 3.58. The van der Waals surface area contributed by atoms with Crippen molar-refractivity contribution in [3.8, 4) is 0 Å². The Bertz CT molecular complexity index is 226. The van der Waals surface area contributed by atoms with Crippen molar-refractivity contribution in [1.82, 2.24) is 14.7 Å². The normalized spacial score (nSPS) is 24.3. The van der Waals surface area contributed by atoms with Crippen LogP contribution in [0.15, 0.2) is 0 Å². The van der Waals surface area contributed by atoms with Crippen molar-refractivity contribution < 1.29 is 9.47 Å². The number of hydrogen-bond donors (Lipinski definition) is 0. The first kappa shape index (κ1) is 14.2. The number of ether oxygens (including phenoxy) is 2. The zero-order valence-corrected chi connectivity index (χ0v) is 11.8. The standard InChI is InChI=1S/C13H27N3O2/c1-17-10-9-15-5-3-14(4-6-15)7-8-16-11-13(12-16)18-2/h13H,3-12H2,1-2H3. The fourth-order valence-corrected chi connectivity index (χ4v) is 2.59. The summed E-state index contributed by atoms with van der Waals surface area (Å²) >= 11 is 0. The van der Waals surface area contributed by atoms with Gasteiger partial charge in [-0.15, -0.1) is 0 Å². The first-order chi connectivity index (χ1) is 8.81. The third-order valence-electron chi connectivity index (χ3n) is 4.07. The van der Waals surface area contributed by atoms with Gasteiger partial charge in [0, 0.05) is 73.1 Å².